The Morgan fingerprint density at radius 3 is 2.10 bits per heavy atom. The first-order valence-corrected chi connectivity index (χ1v) is 13.7. The van der Waals surface area contributed by atoms with Gasteiger partial charge < -0.3 is 25.2 Å². The third kappa shape index (κ3) is 7.07. The molecule has 0 fully saturated rings. The Balaban J connectivity index is 1.43. The number of alkyl carbamates (subject to hydrolysis) is 1. The summed E-state index contributed by atoms with van der Waals surface area (Å²) >= 11 is 0. The molecule has 1 unspecified atom stereocenters. The fraction of sp³-hybridized carbons (Fsp3) is 0.344. The van der Waals surface area contributed by atoms with Gasteiger partial charge in [-0.05, 0) is 41.2 Å². The number of hydrogen-bond acceptors (Lipinski definition) is 5. The van der Waals surface area contributed by atoms with E-state index in [1.807, 2.05) is 73.7 Å². The number of rotatable bonds is 13. The monoisotopic (exact) mass is 544 g/mol. The molecule has 1 aliphatic rings. The molecule has 0 aromatic heterocycles. The molecule has 8 nitrogen and oxygen atoms in total. The van der Waals surface area contributed by atoms with Gasteiger partial charge in [0.1, 0.15) is 12.6 Å². The van der Waals surface area contributed by atoms with Crippen LogP contribution in [0.25, 0.3) is 11.1 Å². The largest absolute Gasteiger partial charge is 0.481 e. The number of carboxylic acid groups (broad SMARTS) is 1. The maximum atomic E-state index is 13.2. The number of carboxylic acids is 1. The van der Waals surface area contributed by atoms with Crippen LogP contribution in [0.4, 0.5) is 4.79 Å². The van der Waals surface area contributed by atoms with E-state index in [0.717, 1.165) is 27.8 Å². The van der Waals surface area contributed by atoms with Gasteiger partial charge in [-0.1, -0.05) is 92.2 Å². The first-order chi connectivity index (χ1) is 19.4. The molecule has 4 rings (SSSR count). The molecule has 0 saturated carbocycles. The van der Waals surface area contributed by atoms with Gasteiger partial charge in [-0.15, -0.1) is 0 Å². The molecule has 0 bridgehead atoms. The zero-order chi connectivity index (χ0) is 28.5. The van der Waals surface area contributed by atoms with Crippen molar-refractivity contribution in [2.45, 2.75) is 51.4 Å². The zero-order valence-electron chi connectivity index (χ0n) is 22.8. The van der Waals surface area contributed by atoms with Gasteiger partial charge in [-0.3, -0.25) is 9.59 Å². The Labute approximate surface area is 234 Å². The van der Waals surface area contributed by atoms with Gasteiger partial charge in [-0.25, -0.2) is 4.79 Å². The molecule has 1 aliphatic carbocycles. The highest BCUT2D eigenvalue weighted by Crippen LogP contribution is 2.44. The van der Waals surface area contributed by atoms with Crippen LogP contribution in [0.3, 0.4) is 0 Å². The van der Waals surface area contributed by atoms with Crippen molar-refractivity contribution < 1.29 is 29.0 Å². The molecule has 0 radical (unpaired) electrons. The van der Waals surface area contributed by atoms with Gasteiger partial charge in [-0.2, -0.15) is 0 Å². The molecule has 2 amide bonds. The minimum atomic E-state index is -1.09. The minimum Gasteiger partial charge on any atom is -0.481 e. The van der Waals surface area contributed by atoms with Gasteiger partial charge in [0.15, 0.2) is 0 Å². The Morgan fingerprint density at radius 1 is 0.900 bits per heavy atom. The third-order valence-corrected chi connectivity index (χ3v) is 7.23. The van der Waals surface area contributed by atoms with Crippen molar-refractivity contribution in [3.63, 3.8) is 0 Å². The molecule has 0 heterocycles. The average molecular weight is 545 g/mol. The smallest absolute Gasteiger partial charge is 0.407 e. The number of hydrogen-bond donors (Lipinski definition) is 3. The number of amides is 2. The fourth-order valence-electron chi connectivity index (χ4n) is 5.06. The number of carbonyl (C=O) groups excluding carboxylic acids is 2. The Morgan fingerprint density at radius 2 is 1.50 bits per heavy atom. The van der Waals surface area contributed by atoms with E-state index in [0.29, 0.717) is 12.8 Å². The number of carbonyl (C=O) groups is 3. The van der Waals surface area contributed by atoms with Crippen LogP contribution in [-0.2, 0) is 25.7 Å². The van der Waals surface area contributed by atoms with Crippen molar-refractivity contribution in [2.75, 3.05) is 13.2 Å². The quantitative estimate of drug-likeness (QED) is 0.275. The Kier molecular flexibility index (Phi) is 9.91. The van der Waals surface area contributed by atoms with Crippen molar-refractivity contribution in [3.05, 3.63) is 95.6 Å². The predicted molar refractivity (Wildman–Crippen MR) is 152 cm³/mol. The van der Waals surface area contributed by atoms with Gasteiger partial charge in [0.2, 0.25) is 5.91 Å². The second-order valence-corrected chi connectivity index (χ2v) is 10.0. The molecule has 8 heteroatoms. The molecule has 0 spiro atoms. The van der Waals surface area contributed by atoms with Crippen molar-refractivity contribution in [2.24, 2.45) is 5.92 Å². The van der Waals surface area contributed by atoms with Crippen molar-refractivity contribution >= 4 is 18.0 Å². The van der Waals surface area contributed by atoms with Crippen LogP contribution in [0.15, 0.2) is 78.9 Å². The fourth-order valence-corrected chi connectivity index (χ4v) is 5.06. The summed E-state index contributed by atoms with van der Waals surface area (Å²) in [6, 6.07) is 24.5. The molecule has 3 aromatic rings. The summed E-state index contributed by atoms with van der Waals surface area (Å²) < 4.78 is 11.6. The van der Waals surface area contributed by atoms with E-state index < -0.39 is 36.0 Å². The van der Waals surface area contributed by atoms with Crippen LogP contribution in [-0.4, -0.2) is 48.4 Å². The maximum absolute atomic E-state index is 13.2. The molecular formula is C32H36N2O6. The number of aliphatic carboxylic acids is 1. The third-order valence-electron chi connectivity index (χ3n) is 7.23. The Bertz CT molecular complexity index is 1270. The standard InChI is InChI=1S/C32H36N2O6/c1-3-11-23(31(36)37)18-33-30(35)29(21(2)39-19-22-12-5-4-6-13-22)34-32(38)40-20-28-26-16-9-7-14-24(26)25-15-8-10-17-27(25)28/h4-10,12-17,21,23,28-29H,3,11,18-20H2,1-2H3,(H,33,35)(H,34,38)(H,36,37)/t21-,23?,29+/m0/s1. The summed E-state index contributed by atoms with van der Waals surface area (Å²) in [4.78, 5) is 37.8. The lowest BCUT2D eigenvalue weighted by Crippen LogP contribution is -2.54. The van der Waals surface area contributed by atoms with Crippen LogP contribution in [0, 0.1) is 5.92 Å². The number of ether oxygens (including phenoxy) is 2. The lowest BCUT2D eigenvalue weighted by Gasteiger charge is -2.25. The number of fused-ring (bicyclic) bond motifs is 3. The van der Waals surface area contributed by atoms with Crippen molar-refractivity contribution in [1.29, 1.82) is 0 Å². The van der Waals surface area contributed by atoms with E-state index in [1.54, 1.807) is 6.92 Å². The van der Waals surface area contributed by atoms with E-state index in [1.165, 1.54) is 0 Å². The summed E-state index contributed by atoms with van der Waals surface area (Å²) in [5.41, 5.74) is 5.32. The van der Waals surface area contributed by atoms with Crippen molar-refractivity contribution in [3.8, 4) is 11.1 Å². The van der Waals surface area contributed by atoms with Gasteiger partial charge in [0, 0.05) is 12.5 Å². The van der Waals surface area contributed by atoms with Gasteiger partial charge >= 0.3 is 12.1 Å². The van der Waals surface area contributed by atoms with Crippen LogP contribution < -0.4 is 10.6 Å². The molecular weight excluding hydrogens is 508 g/mol. The zero-order valence-corrected chi connectivity index (χ0v) is 22.8. The molecule has 3 atom stereocenters. The summed E-state index contributed by atoms with van der Waals surface area (Å²) in [5, 5.41) is 14.8. The van der Waals surface area contributed by atoms with E-state index >= 15 is 0 Å². The SMILES string of the molecule is CCCC(CNC(=O)[C@H](NC(=O)OCC1c2ccccc2-c2ccccc21)[C@H](C)OCc1ccccc1)C(=O)O. The molecule has 0 aliphatic heterocycles. The highest BCUT2D eigenvalue weighted by atomic mass is 16.5. The van der Waals surface area contributed by atoms with E-state index in [2.05, 4.69) is 22.8 Å². The topological polar surface area (TPSA) is 114 Å². The van der Waals surface area contributed by atoms with Crippen LogP contribution in [0.5, 0.6) is 0 Å². The van der Waals surface area contributed by atoms with E-state index in [-0.39, 0.29) is 25.7 Å². The normalized spacial score (nSPS) is 14.3. The Hall–Kier alpha value is -4.17. The lowest BCUT2D eigenvalue weighted by molar-refractivity contribution is -0.142. The molecule has 3 aromatic carbocycles. The maximum Gasteiger partial charge on any atom is 0.407 e. The second-order valence-electron chi connectivity index (χ2n) is 10.0. The van der Waals surface area contributed by atoms with Crippen LogP contribution in [0.2, 0.25) is 0 Å². The van der Waals surface area contributed by atoms with Crippen LogP contribution in [0.1, 0.15) is 49.3 Å². The highest BCUT2D eigenvalue weighted by Gasteiger charge is 2.32. The number of benzene rings is 3. The summed E-state index contributed by atoms with van der Waals surface area (Å²) in [7, 11) is 0. The summed E-state index contributed by atoms with van der Waals surface area (Å²) in [6.07, 6.45) is -0.360. The molecule has 0 saturated heterocycles. The highest BCUT2D eigenvalue weighted by molar-refractivity contribution is 5.86. The molecule has 210 valence electrons. The lowest BCUT2D eigenvalue weighted by atomic mass is 9.98. The molecule has 40 heavy (non-hydrogen) atoms. The first-order valence-electron chi connectivity index (χ1n) is 13.7. The summed E-state index contributed by atoms with van der Waals surface area (Å²) in [6.45, 7) is 3.88. The van der Waals surface area contributed by atoms with Crippen molar-refractivity contribution in [1.82, 2.24) is 10.6 Å². The van der Waals surface area contributed by atoms with E-state index in [4.69, 9.17) is 9.47 Å². The molecule has 3 N–H and O–H groups in total. The van der Waals surface area contributed by atoms with E-state index in [9.17, 15) is 19.5 Å². The second kappa shape index (κ2) is 13.8. The van der Waals surface area contributed by atoms with Gasteiger partial charge in [0.05, 0.1) is 18.6 Å². The summed E-state index contributed by atoms with van der Waals surface area (Å²) in [5.74, 6) is -2.35. The van der Waals surface area contributed by atoms with Gasteiger partial charge in [0.25, 0.3) is 0 Å². The average Bonchev–Trinajstić information content (AvgIpc) is 3.29. The predicted octanol–water partition coefficient (Wildman–Crippen LogP) is 5.12. The first kappa shape index (κ1) is 28.8. The minimum absolute atomic E-state index is 0.0454. The number of nitrogens with one attached hydrogen (secondary N) is 2. The van der Waals surface area contributed by atoms with Crippen LogP contribution >= 0.6 is 0 Å².